The second-order valence-electron chi connectivity index (χ2n) is 3.30. The summed E-state index contributed by atoms with van der Waals surface area (Å²) >= 11 is 0. The van der Waals surface area contributed by atoms with Gasteiger partial charge in [0.05, 0.1) is 0 Å². The third-order valence-corrected chi connectivity index (χ3v) is 1.80. The van der Waals surface area contributed by atoms with Crippen molar-refractivity contribution in [1.29, 1.82) is 0 Å². The molecule has 0 radical (unpaired) electrons. The molecular weight excluding hydrogens is 279 g/mol. The molecule has 0 atom stereocenters. The molecule has 5 nitrogen and oxygen atoms in total. The van der Waals surface area contributed by atoms with Crippen molar-refractivity contribution in [3.63, 3.8) is 0 Å². The first-order valence-corrected chi connectivity index (χ1v) is 4.72. The van der Waals surface area contributed by atoms with E-state index in [1.165, 1.54) is 0 Å². The van der Waals surface area contributed by atoms with Crippen LogP contribution in [0.3, 0.4) is 0 Å². The van der Waals surface area contributed by atoms with Crippen molar-refractivity contribution in [2.75, 3.05) is 6.61 Å². The number of carboxylic acids is 1. The van der Waals surface area contributed by atoms with Crippen molar-refractivity contribution in [3.8, 4) is 0 Å². The van der Waals surface area contributed by atoms with Crippen LogP contribution in [0.25, 0.3) is 0 Å². The van der Waals surface area contributed by atoms with Crippen molar-refractivity contribution in [1.82, 2.24) is 9.97 Å². The second-order valence-corrected chi connectivity index (χ2v) is 3.30. The molecule has 0 aliphatic carbocycles. The van der Waals surface area contributed by atoms with E-state index in [4.69, 9.17) is 5.11 Å². The molecule has 19 heavy (non-hydrogen) atoms. The predicted molar refractivity (Wildman–Crippen MR) is 49.7 cm³/mol. The Bertz CT molecular complexity index is 464. The number of aromatic carboxylic acids is 1. The summed E-state index contributed by atoms with van der Waals surface area (Å²) in [7, 11) is 0. The molecule has 1 aromatic rings. The number of halogens is 5. The van der Waals surface area contributed by atoms with E-state index < -0.39 is 48.9 Å². The van der Waals surface area contributed by atoms with E-state index in [1.807, 2.05) is 0 Å². The van der Waals surface area contributed by atoms with E-state index in [0.29, 0.717) is 6.20 Å². The van der Waals surface area contributed by atoms with Gasteiger partial charge in [-0.25, -0.2) is 23.5 Å². The van der Waals surface area contributed by atoms with E-state index in [2.05, 4.69) is 14.7 Å². The van der Waals surface area contributed by atoms with Crippen molar-refractivity contribution in [2.24, 2.45) is 0 Å². The Morgan fingerprint density at radius 1 is 1.42 bits per heavy atom. The fraction of sp³-hybridized carbons (Fsp3) is 0.444. The molecule has 0 aliphatic rings. The van der Waals surface area contributed by atoms with Gasteiger partial charge in [0, 0.05) is 6.20 Å². The minimum absolute atomic E-state index is 0.454. The summed E-state index contributed by atoms with van der Waals surface area (Å²) in [4.78, 5) is 17.1. The fourth-order valence-corrected chi connectivity index (χ4v) is 1.09. The molecule has 0 saturated carbocycles. The van der Waals surface area contributed by atoms with Crippen molar-refractivity contribution < 1.29 is 36.6 Å². The Kier molecular flexibility index (Phi) is 4.70. The molecule has 0 fully saturated rings. The van der Waals surface area contributed by atoms with E-state index in [9.17, 15) is 26.7 Å². The van der Waals surface area contributed by atoms with Crippen LogP contribution in [0.15, 0.2) is 6.20 Å². The number of hydrogen-bond acceptors (Lipinski definition) is 4. The standard InChI is InChI=1S/C9H7F5N2O3/c10-7(11)6-4(8(17)18)1-15-5(16-6)2-19-3-9(12,13)14/h1,7H,2-3H2,(H,17,18). The SMILES string of the molecule is O=C(O)c1cnc(COCC(F)(F)F)nc1C(F)F. The van der Waals surface area contributed by atoms with E-state index in [-0.39, 0.29) is 0 Å². The first kappa shape index (κ1) is 15.2. The Balaban J connectivity index is 2.82. The van der Waals surface area contributed by atoms with Gasteiger partial charge in [-0.3, -0.25) is 0 Å². The van der Waals surface area contributed by atoms with Gasteiger partial charge in [0.2, 0.25) is 0 Å². The number of carboxylic acid groups (broad SMARTS) is 1. The van der Waals surface area contributed by atoms with E-state index in [0.717, 1.165) is 0 Å². The number of hydrogen-bond donors (Lipinski definition) is 1. The summed E-state index contributed by atoms with van der Waals surface area (Å²) in [5.74, 6) is -2.11. The topological polar surface area (TPSA) is 72.3 Å². The second kappa shape index (κ2) is 5.87. The van der Waals surface area contributed by atoms with Gasteiger partial charge in [0.1, 0.15) is 24.5 Å². The zero-order chi connectivity index (χ0) is 14.6. The van der Waals surface area contributed by atoms with Gasteiger partial charge in [-0.15, -0.1) is 0 Å². The molecule has 0 amide bonds. The average molecular weight is 286 g/mol. The van der Waals surface area contributed by atoms with Crippen LogP contribution >= 0.6 is 0 Å². The summed E-state index contributed by atoms with van der Waals surface area (Å²) in [6.45, 7) is -2.33. The highest BCUT2D eigenvalue weighted by molar-refractivity contribution is 5.88. The van der Waals surface area contributed by atoms with E-state index >= 15 is 0 Å². The molecule has 0 bridgehead atoms. The van der Waals surface area contributed by atoms with E-state index in [1.54, 1.807) is 0 Å². The van der Waals surface area contributed by atoms with Crippen LogP contribution in [0.2, 0.25) is 0 Å². The average Bonchev–Trinajstić information content (AvgIpc) is 2.26. The Morgan fingerprint density at radius 3 is 2.53 bits per heavy atom. The predicted octanol–water partition coefficient (Wildman–Crippen LogP) is 2.19. The lowest BCUT2D eigenvalue weighted by Crippen LogP contribution is -2.18. The van der Waals surface area contributed by atoms with Gasteiger partial charge in [0.15, 0.2) is 5.82 Å². The molecular formula is C9H7F5N2O3. The summed E-state index contributed by atoms with van der Waals surface area (Å²) in [5, 5.41) is 8.59. The molecule has 0 aliphatic heterocycles. The number of rotatable bonds is 5. The maximum atomic E-state index is 12.5. The zero-order valence-electron chi connectivity index (χ0n) is 9.12. The third kappa shape index (κ3) is 4.73. The van der Waals surface area contributed by atoms with Gasteiger partial charge < -0.3 is 9.84 Å². The van der Waals surface area contributed by atoms with Crippen LogP contribution in [0.1, 0.15) is 28.3 Å². The van der Waals surface area contributed by atoms with Crippen molar-refractivity contribution >= 4 is 5.97 Å². The highest BCUT2D eigenvalue weighted by Gasteiger charge is 2.28. The molecule has 1 N–H and O–H groups in total. The minimum Gasteiger partial charge on any atom is -0.478 e. The lowest BCUT2D eigenvalue weighted by Gasteiger charge is -2.08. The lowest BCUT2D eigenvalue weighted by atomic mass is 10.2. The lowest BCUT2D eigenvalue weighted by molar-refractivity contribution is -0.177. The molecule has 0 unspecified atom stereocenters. The highest BCUT2D eigenvalue weighted by atomic mass is 19.4. The number of ether oxygens (including phenoxy) is 1. The van der Waals surface area contributed by atoms with Crippen LogP contribution in [-0.4, -0.2) is 33.8 Å². The smallest absolute Gasteiger partial charge is 0.411 e. The van der Waals surface area contributed by atoms with Gasteiger partial charge >= 0.3 is 12.1 Å². The molecule has 1 rings (SSSR count). The summed E-state index contributed by atoms with van der Waals surface area (Å²) < 4.78 is 64.5. The molecule has 1 aromatic heterocycles. The monoisotopic (exact) mass is 286 g/mol. The number of nitrogens with zero attached hydrogens (tertiary/aromatic N) is 2. The summed E-state index contributed by atoms with van der Waals surface area (Å²) in [5.41, 5.74) is -1.87. The van der Waals surface area contributed by atoms with Gasteiger partial charge in [-0.2, -0.15) is 13.2 Å². The maximum Gasteiger partial charge on any atom is 0.411 e. The number of alkyl halides is 5. The number of carbonyl (C=O) groups is 1. The molecule has 0 aromatic carbocycles. The normalized spacial score (nSPS) is 11.9. The van der Waals surface area contributed by atoms with Gasteiger partial charge in [0.25, 0.3) is 6.43 Å². The quantitative estimate of drug-likeness (QED) is 0.840. The Labute approximate surface area is 103 Å². The van der Waals surface area contributed by atoms with Gasteiger partial charge in [-0.1, -0.05) is 0 Å². The molecule has 1 heterocycles. The minimum atomic E-state index is -4.56. The van der Waals surface area contributed by atoms with Gasteiger partial charge in [-0.05, 0) is 0 Å². The largest absolute Gasteiger partial charge is 0.478 e. The number of aromatic nitrogens is 2. The highest BCUT2D eigenvalue weighted by Crippen LogP contribution is 2.21. The maximum absolute atomic E-state index is 12.5. The van der Waals surface area contributed by atoms with Crippen LogP contribution in [0.5, 0.6) is 0 Å². The van der Waals surface area contributed by atoms with Crippen LogP contribution < -0.4 is 0 Å². The Hall–Kier alpha value is -1.84. The summed E-state index contributed by atoms with van der Waals surface area (Å²) in [6, 6.07) is 0. The molecule has 106 valence electrons. The van der Waals surface area contributed by atoms with Crippen molar-refractivity contribution in [3.05, 3.63) is 23.3 Å². The van der Waals surface area contributed by atoms with Crippen LogP contribution in [0.4, 0.5) is 22.0 Å². The molecule has 0 saturated heterocycles. The first-order chi connectivity index (χ1) is 8.70. The van der Waals surface area contributed by atoms with Crippen LogP contribution in [-0.2, 0) is 11.3 Å². The molecule has 0 spiro atoms. The third-order valence-electron chi connectivity index (χ3n) is 1.80. The van der Waals surface area contributed by atoms with Crippen molar-refractivity contribution in [2.45, 2.75) is 19.2 Å². The Morgan fingerprint density at radius 2 is 2.05 bits per heavy atom. The fourth-order valence-electron chi connectivity index (χ4n) is 1.09. The summed E-state index contributed by atoms with van der Waals surface area (Å²) in [6.07, 6.45) is -7.15. The zero-order valence-corrected chi connectivity index (χ0v) is 9.12. The van der Waals surface area contributed by atoms with Crippen LogP contribution in [0, 0.1) is 0 Å². The first-order valence-electron chi connectivity index (χ1n) is 4.72. The molecule has 10 heteroatoms.